The summed E-state index contributed by atoms with van der Waals surface area (Å²) in [4.78, 5) is 0. The van der Waals surface area contributed by atoms with Crippen molar-refractivity contribution in [3.63, 3.8) is 0 Å². The van der Waals surface area contributed by atoms with Gasteiger partial charge in [-0.15, -0.1) is 12.3 Å². The molecule has 0 saturated carbocycles. The van der Waals surface area contributed by atoms with Gasteiger partial charge >= 0.3 is 0 Å². The van der Waals surface area contributed by atoms with Crippen molar-refractivity contribution in [2.75, 3.05) is 0 Å². The van der Waals surface area contributed by atoms with E-state index in [4.69, 9.17) is 10.8 Å². The molecule has 1 aromatic heterocycles. The fraction of sp³-hybridized carbons (Fsp3) is 0.250. The van der Waals surface area contributed by atoms with E-state index in [2.05, 4.69) is 5.92 Å². The monoisotopic (exact) mass is 136 g/mol. The van der Waals surface area contributed by atoms with E-state index < -0.39 is 6.10 Å². The van der Waals surface area contributed by atoms with E-state index in [-0.39, 0.29) is 0 Å². The van der Waals surface area contributed by atoms with Crippen LogP contribution in [0.5, 0.6) is 0 Å². The van der Waals surface area contributed by atoms with Gasteiger partial charge in [0, 0.05) is 12.0 Å². The SMILES string of the molecule is C#CC[C@H](O)c1ccoc1. The van der Waals surface area contributed by atoms with Crippen molar-refractivity contribution in [3.8, 4) is 12.3 Å². The van der Waals surface area contributed by atoms with Crippen LogP contribution < -0.4 is 0 Å². The molecule has 10 heavy (non-hydrogen) atoms. The van der Waals surface area contributed by atoms with E-state index in [0.717, 1.165) is 5.56 Å². The summed E-state index contributed by atoms with van der Waals surface area (Å²) < 4.78 is 4.75. The average Bonchev–Trinajstić information content (AvgIpc) is 2.38. The number of furan rings is 1. The molecule has 0 unspecified atom stereocenters. The number of hydrogen-bond acceptors (Lipinski definition) is 2. The number of terminal acetylenes is 1. The van der Waals surface area contributed by atoms with Gasteiger partial charge in [-0.25, -0.2) is 0 Å². The highest BCUT2D eigenvalue weighted by Crippen LogP contribution is 2.15. The molecule has 1 aromatic rings. The molecule has 0 fully saturated rings. The molecule has 1 atom stereocenters. The molecule has 0 aliphatic carbocycles. The van der Waals surface area contributed by atoms with E-state index in [9.17, 15) is 5.11 Å². The van der Waals surface area contributed by atoms with Crippen LogP contribution in [-0.2, 0) is 0 Å². The van der Waals surface area contributed by atoms with E-state index in [1.807, 2.05) is 0 Å². The Balaban J connectivity index is 2.61. The second-order valence-electron chi connectivity index (χ2n) is 1.98. The van der Waals surface area contributed by atoms with Crippen molar-refractivity contribution >= 4 is 0 Å². The number of aliphatic hydroxyl groups is 1. The topological polar surface area (TPSA) is 33.4 Å². The van der Waals surface area contributed by atoms with Gasteiger partial charge in [0.1, 0.15) is 0 Å². The van der Waals surface area contributed by atoms with Crippen molar-refractivity contribution in [2.45, 2.75) is 12.5 Å². The van der Waals surface area contributed by atoms with Gasteiger partial charge in [0.15, 0.2) is 0 Å². The Bertz CT molecular complexity index is 218. The van der Waals surface area contributed by atoms with Gasteiger partial charge in [-0.1, -0.05) is 0 Å². The average molecular weight is 136 g/mol. The molecule has 0 amide bonds. The first-order chi connectivity index (χ1) is 4.84. The highest BCUT2D eigenvalue weighted by atomic mass is 16.3. The first-order valence-corrected chi connectivity index (χ1v) is 2.98. The van der Waals surface area contributed by atoms with Crippen LogP contribution in [0.15, 0.2) is 23.0 Å². The highest BCUT2D eigenvalue weighted by Gasteiger charge is 2.05. The minimum Gasteiger partial charge on any atom is -0.472 e. The van der Waals surface area contributed by atoms with Gasteiger partial charge in [-0.05, 0) is 6.07 Å². The molecule has 1 heterocycles. The highest BCUT2D eigenvalue weighted by molar-refractivity contribution is 5.11. The second kappa shape index (κ2) is 3.09. The summed E-state index contributed by atoms with van der Waals surface area (Å²) >= 11 is 0. The molecule has 52 valence electrons. The summed E-state index contributed by atoms with van der Waals surface area (Å²) in [6.45, 7) is 0. The van der Waals surface area contributed by atoms with Crippen LogP contribution in [0.3, 0.4) is 0 Å². The van der Waals surface area contributed by atoms with Crippen molar-refractivity contribution in [3.05, 3.63) is 24.2 Å². The maximum Gasteiger partial charge on any atom is 0.0960 e. The Morgan fingerprint density at radius 3 is 3.10 bits per heavy atom. The first-order valence-electron chi connectivity index (χ1n) is 2.98. The summed E-state index contributed by atoms with van der Waals surface area (Å²) in [5.41, 5.74) is 0.734. The summed E-state index contributed by atoms with van der Waals surface area (Å²) in [5, 5.41) is 9.21. The smallest absolute Gasteiger partial charge is 0.0960 e. The van der Waals surface area contributed by atoms with Gasteiger partial charge in [0.25, 0.3) is 0 Å². The molecular formula is C8H8O2. The van der Waals surface area contributed by atoms with Crippen LogP contribution in [-0.4, -0.2) is 5.11 Å². The zero-order valence-corrected chi connectivity index (χ0v) is 5.45. The van der Waals surface area contributed by atoms with Gasteiger partial charge in [-0.2, -0.15) is 0 Å². The molecule has 0 saturated heterocycles. The Hall–Kier alpha value is -1.20. The third kappa shape index (κ3) is 1.40. The van der Waals surface area contributed by atoms with E-state index >= 15 is 0 Å². The Kier molecular flexibility index (Phi) is 2.14. The van der Waals surface area contributed by atoms with Crippen LogP contribution in [0.4, 0.5) is 0 Å². The molecule has 1 N–H and O–H groups in total. The predicted molar refractivity (Wildman–Crippen MR) is 37.1 cm³/mol. The Morgan fingerprint density at radius 2 is 2.60 bits per heavy atom. The third-order valence-corrected chi connectivity index (χ3v) is 1.24. The van der Waals surface area contributed by atoms with E-state index in [0.29, 0.717) is 6.42 Å². The molecule has 0 bridgehead atoms. The minimum absolute atomic E-state index is 0.333. The standard InChI is InChI=1S/C8H8O2/c1-2-3-8(9)7-4-5-10-6-7/h1,4-6,8-9H,3H2/t8-/m0/s1. The molecule has 0 aliphatic heterocycles. The molecular weight excluding hydrogens is 128 g/mol. The van der Waals surface area contributed by atoms with Gasteiger partial charge in [-0.3, -0.25) is 0 Å². The van der Waals surface area contributed by atoms with Crippen molar-refractivity contribution < 1.29 is 9.52 Å². The Morgan fingerprint density at radius 1 is 1.80 bits per heavy atom. The maximum absolute atomic E-state index is 9.21. The lowest BCUT2D eigenvalue weighted by molar-refractivity contribution is 0.183. The second-order valence-corrected chi connectivity index (χ2v) is 1.98. The maximum atomic E-state index is 9.21. The fourth-order valence-corrected chi connectivity index (χ4v) is 0.694. The van der Waals surface area contributed by atoms with Crippen LogP contribution in [0, 0.1) is 12.3 Å². The minimum atomic E-state index is -0.580. The summed E-state index contributed by atoms with van der Waals surface area (Å²) in [6.07, 6.45) is 7.75. The molecule has 0 aromatic carbocycles. The van der Waals surface area contributed by atoms with Crippen LogP contribution in [0.25, 0.3) is 0 Å². The first kappa shape index (κ1) is 6.91. The number of hydrogen-bond donors (Lipinski definition) is 1. The zero-order chi connectivity index (χ0) is 7.40. The van der Waals surface area contributed by atoms with Crippen LogP contribution in [0.1, 0.15) is 18.1 Å². The lowest BCUT2D eigenvalue weighted by Crippen LogP contribution is -1.92. The van der Waals surface area contributed by atoms with Crippen molar-refractivity contribution in [1.82, 2.24) is 0 Å². The molecule has 0 radical (unpaired) electrons. The number of aliphatic hydroxyl groups excluding tert-OH is 1. The lowest BCUT2D eigenvalue weighted by atomic mass is 10.1. The molecule has 2 heteroatoms. The fourth-order valence-electron chi connectivity index (χ4n) is 0.694. The van der Waals surface area contributed by atoms with Crippen molar-refractivity contribution in [2.24, 2.45) is 0 Å². The van der Waals surface area contributed by atoms with Crippen LogP contribution in [0.2, 0.25) is 0 Å². The van der Waals surface area contributed by atoms with Gasteiger partial charge in [0.2, 0.25) is 0 Å². The zero-order valence-electron chi connectivity index (χ0n) is 5.45. The molecule has 1 rings (SSSR count). The quantitative estimate of drug-likeness (QED) is 0.622. The summed E-state index contributed by atoms with van der Waals surface area (Å²) in [5.74, 6) is 2.36. The predicted octanol–water partition coefficient (Wildman–Crippen LogP) is 1.34. The Labute approximate surface area is 59.5 Å². The van der Waals surface area contributed by atoms with Gasteiger partial charge in [0.05, 0.1) is 18.6 Å². The largest absolute Gasteiger partial charge is 0.472 e. The van der Waals surface area contributed by atoms with Gasteiger partial charge < -0.3 is 9.52 Å². The number of rotatable bonds is 2. The molecule has 2 nitrogen and oxygen atoms in total. The van der Waals surface area contributed by atoms with Crippen molar-refractivity contribution in [1.29, 1.82) is 0 Å². The summed E-state index contributed by atoms with van der Waals surface area (Å²) in [7, 11) is 0. The molecule has 0 aliphatic rings. The molecule has 0 spiro atoms. The van der Waals surface area contributed by atoms with E-state index in [1.54, 1.807) is 6.07 Å². The normalized spacial score (nSPS) is 12.4. The van der Waals surface area contributed by atoms with E-state index in [1.165, 1.54) is 12.5 Å². The summed E-state index contributed by atoms with van der Waals surface area (Å²) in [6, 6.07) is 1.70. The van der Waals surface area contributed by atoms with Crippen LogP contribution >= 0.6 is 0 Å². The lowest BCUT2D eigenvalue weighted by Gasteiger charge is -2.00. The third-order valence-electron chi connectivity index (χ3n) is 1.24.